The number of nitrogens with one attached hydrogen (secondary N) is 2. The molecule has 1 aromatic heterocycles. The Morgan fingerprint density at radius 3 is 2.39 bits per heavy atom. The molecular formula is C24H21ClFN3O4. The fourth-order valence-corrected chi connectivity index (χ4v) is 3.66. The number of carboxylic acids is 1. The molecule has 0 unspecified atom stereocenters. The lowest BCUT2D eigenvalue weighted by Gasteiger charge is -2.36. The maximum atomic E-state index is 13.3. The molecule has 0 bridgehead atoms. The zero-order chi connectivity index (χ0) is 23.4. The van der Waals surface area contributed by atoms with Crippen molar-refractivity contribution in [3.8, 4) is 17.0 Å². The van der Waals surface area contributed by atoms with E-state index in [-0.39, 0.29) is 17.3 Å². The molecule has 1 heterocycles. The predicted octanol–water partition coefficient (Wildman–Crippen LogP) is 5.82. The predicted molar refractivity (Wildman–Crippen MR) is 123 cm³/mol. The monoisotopic (exact) mass is 469 g/mol. The summed E-state index contributed by atoms with van der Waals surface area (Å²) in [5, 5.41) is 14.8. The molecular weight excluding hydrogens is 449 g/mol. The van der Waals surface area contributed by atoms with Crippen molar-refractivity contribution in [1.82, 2.24) is 4.98 Å². The van der Waals surface area contributed by atoms with E-state index in [9.17, 15) is 19.1 Å². The van der Waals surface area contributed by atoms with Crippen LogP contribution in [-0.4, -0.2) is 28.7 Å². The van der Waals surface area contributed by atoms with Crippen molar-refractivity contribution < 1.29 is 23.8 Å². The number of carbonyl (C=O) groups is 2. The number of rotatable bonds is 7. The number of aliphatic carboxylic acids is 1. The van der Waals surface area contributed by atoms with Crippen molar-refractivity contribution in [2.75, 3.05) is 17.2 Å². The molecule has 0 saturated heterocycles. The van der Waals surface area contributed by atoms with Gasteiger partial charge < -0.3 is 20.5 Å². The number of pyridine rings is 1. The first-order valence-electron chi connectivity index (χ1n) is 10.3. The van der Waals surface area contributed by atoms with E-state index in [0.29, 0.717) is 24.4 Å². The summed E-state index contributed by atoms with van der Waals surface area (Å²) in [4.78, 5) is 27.9. The zero-order valence-electron chi connectivity index (χ0n) is 17.5. The summed E-state index contributed by atoms with van der Waals surface area (Å²) >= 11 is 5.96. The van der Waals surface area contributed by atoms with Gasteiger partial charge in [-0.05, 0) is 54.8 Å². The second-order valence-electron chi connectivity index (χ2n) is 7.89. The molecule has 3 N–H and O–H groups in total. The fourth-order valence-electron chi connectivity index (χ4n) is 3.50. The number of anilines is 2. The van der Waals surface area contributed by atoms with Crippen LogP contribution in [-0.2, 0) is 4.79 Å². The Bertz CT molecular complexity index is 1170. The van der Waals surface area contributed by atoms with Gasteiger partial charge in [0.2, 0.25) is 5.88 Å². The van der Waals surface area contributed by atoms with Crippen molar-refractivity contribution in [2.45, 2.75) is 19.3 Å². The van der Waals surface area contributed by atoms with E-state index in [4.69, 9.17) is 16.3 Å². The Morgan fingerprint density at radius 1 is 1.06 bits per heavy atom. The lowest BCUT2D eigenvalue weighted by atomic mass is 9.69. The number of amides is 2. The summed E-state index contributed by atoms with van der Waals surface area (Å²) in [7, 11) is 0. The number of benzene rings is 2. The van der Waals surface area contributed by atoms with Gasteiger partial charge in [0.05, 0.1) is 10.7 Å². The molecule has 4 rings (SSSR count). The first-order chi connectivity index (χ1) is 15.8. The van der Waals surface area contributed by atoms with Gasteiger partial charge in [-0.2, -0.15) is 0 Å². The number of ether oxygens (including phenoxy) is 1. The van der Waals surface area contributed by atoms with E-state index in [2.05, 4.69) is 15.6 Å². The molecule has 3 aromatic rings. The van der Waals surface area contributed by atoms with Crippen LogP contribution >= 0.6 is 11.6 Å². The zero-order valence-corrected chi connectivity index (χ0v) is 18.2. The molecule has 1 aliphatic rings. The van der Waals surface area contributed by atoms with E-state index in [1.165, 1.54) is 12.1 Å². The SMILES string of the molecule is O=C(Nc1ccc(-c2ccc(OCC3(C(=O)O)CCC3)nc2)cc1)Nc1cc(F)ccc1Cl. The summed E-state index contributed by atoms with van der Waals surface area (Å²) in [6, 6.07) is 13.8. The van der Waals surface area contributed by atoms with Crippen LogP contribution in [0.2, 0.25) is 5.02 Å². The maximum absolute atomic E-state index is 13.3. The third-order valence-electron chi connectivity index (χ3n) is 5.65. The van der Waals surface area contributed by atoms with Gasteiger partial charge >= 0.3 is 12.0 Å². The Hall–Kier alpha value is -3.65. The largest absolute Gasteiger partial charge is 0.481 e. The van der Waals surface area contributed by atoms with Gasteiger partial charge in [0, 0.05) is 23.5 Å². The minimum Gasteiger partial charge on any atom is -0.481 e. The number of nitrogens with zero attached hydrogens (tertiary/aromatic N) is 1. The lowest BCUT2D eigenvalue weighted by Crippen LogP contribution is -2.43. The molecule has 33 heavy (non-hydrogen) atoms. The van der Waals surface area contributed by atoms with Gasteiger partial charge in [-0.1, -0.05) is 30.2 Å². The van der Waals surface area contributed by atoms with Crippen LogP contribution in [0.15, 0.2) is 60.8 Å². The highest BCUT2D eigenvalue weighted by atomic mass is 35.5. The summed E-state index contributed by atoms with van der Waals surface area (Å²) in [5.41, 5.74) is 1.62. The van der Waals surface area contributed by atoms with Crippen LogP contribution in [0.25, 0.3) is 11.1 Å². The van der Waals surface area contributed by atoms with Crippen molar-refractivity contribution >= 4 is 35.0 Å². The molecule has 170 valence electrons. The van der Waals surface area contributed by atoms with Gasteiger partial charge in [0.25, 0.3) is 0 Å². The quantitative estimate of drug-likeness (QED) is 0.405. The van der Waals surface area contributed by atoms with Gasteiger partial charge in [0.1, 0.15) is 17.8 Å². The van der Waals surface area contributed by atoms with Gasteiger partial charge in [-0.3, -0.25) is 4.79 Å². The van der Waals surface area contributed by atoms with Crippen LogP contribution in [0.4, 0.5) is 20.6 Å². The van der Waals surface area contributed by atoms with E-state index in [0.717, 1.165) is 23.6 Å². The molecule has 0 atom stereocenters. The second kappa shape index (κ2) is 9.46. The van der Waals surface area contributed by atoms with Gasteiger partial charge in [-0.15, -0.1) is 0 Å². The van der Waals surface area contributed by atoms with Crippen LogP contribution in [0.1, 0.15) is 19.3 Å². The lowest BCUT2D eigenvalue weighted by molar-refractivity contribution is -0.157. The molecule has 1 aliphatic carbocycles. The van der Waals surface area contributed by atoms with Crippen LogP contribution in [0.3, 0.4) is 0 Å². The van der Waals surface area contributed by atoms with E-state index >= 15 is 0 Å². The highest BCUT2D eigenvalue weighted by Crippen LogP contribution is 2.41. The average molecular weight is 470 g/mol. The number of hydrogen-bond acceptors (Lipinski definition) is 4. The molecule has 9 heteroatoms. The van der Waals surface area contributed by atoms with Crippen LogP contribution in [0.5, 0.6) is 5.88 Å². The van der Waals surface area contributed by atoms with Crippen molar-refractivity contribution in [3.63, 3.8) is 0 Å². The highest BCUT2D eigenvalue weighted by Gasteiger charge is 2.45. The van der Waals surface area contributed by atoms with Crippen LogP contribution in [0, 0.1) is 11.2 Å². The maximum Gasteiger partial charge on any atom is 0.323 e. The molecule has 1 fully saturated rings. The van der Waals surface area contributed by atoms with E-state index in [1.54, 1.807) is 24.4 Å². The number of halogens is 2. The van der Waals surface area contributed by atoms with Crippen LogP contribution < -0.4 is 15.4 Å². The minimum absolute atomic E-state index is 0.109. The Labute approximate surface area is 194 Å². The van der Waals surface area contributed by atoms with Gasteiger partial charge in [0.15, 0.2) is 0 Å². The second-order valence-corrected chi connectivity index (χ2v) is 8.30. The van der Waals surface area contributed by atoms with Gasteiger partial charge in [-0.25, -0.2) is 14.2 Å². The third-order valence-corrected chi connectivity index (χ3v) is 5.98. The average Bonchev–Trinajstić information content (AvgIpc) is 2.76. The third kappa shape index (κ3) is 5.23. The number of carbonyl (C=O) groups excluding carboxylic acids is 1. The van der Waals surface area contributed by atoms with E-state index < -0.39 is 23.2 Å². The van der Waals surface area contributed by atoms with Crippen molar-refractivity contribution in [1.29, 1.82) is 0 Å². The number of hydrogen-bond donors (Lipinski definition) is 3. The summed E-state index contributed by atoms with van der Waals surface area (Å²) in [6.07, 6.45) is 3.78. The first kappa shape index (κ1) is 22.5. The number of carboxylic acid groups (broad SMARTS) is 1. The molecule has 0 spiro atoms. The minimum atomic E-state index is -0.827. The number of urea groups is 1. The molecule has 2 amide bonds. The van der Waals surface area contributed by atoms with Crippen molar-refractivity contribution in [2.24, 2.45) is 5.41 Å². The standard InChI is InChI=1S/C24H21ClFN3O4/c25-19-8-5-17(26)12-20(19)29-23(32)28-18-6-2-15(3-7-18)16-4-9-21(27-13-16)33-14-24(22(30)31)10-1-11-24/h2-9,12-13H,1,10-11,14H2,(H,30,31)(H2,28,29,32). The summed E-state index contributed by atoms with van der Waals surface area (Å²) in [5.74, 6) is -0.961. The molecule has 0 aliphatic heterocycles. The first-order valence-corrected chi connectivity index (χ1v) is 10.7. The van der Waals surface area contributed by atoms with Crippen molar-refractivity contribution in [3.05, 3.63) is 71.6 Å². The highest BCUT2D eigenvalue weighted by molar-refractivity contribution is 6.33. The molecule has 2 aromatic carbocycles. The fraction of sp³-hybridized carbons (Fsp3) is 0.208. The molecule has 7 nitrogen and oxygen atoms in total. The Balaban J connectivity index is 1.34. The number of aromatic nitrogens is 1. The molecule has 1 saturated carbocycles. The Kier molecular flexibility index (Phi) is 6.46. The Morgan fingerprint density at radius 2 is 1.79 bits per heavy atom. The summed E-state index contributed by atoms with van der Waals surface area (Å²) < 4.78 is 18.9. The summed E-state index contributed by atoms with van der Waals surface area (Å²) in [6.45, 7) is 0.109. The smallest absolute Gasteiger partial charge is 0.323 e. The molecule has 0 radical (unpaired) electrons. The van der Waals surface area contributed by atoms with E-state index in [1.807, 2.05) is 18.2 Å². The topological polar surface area (TPSA) is 101 Å². The normalized spacial score (nSPS) is 14.1.